The van der Waals surface area contributed by atoms with Crippen molar-refractivity contribution in [1.82, 2.24) is 10.2 Å². The summed E-state index contributed by atoms with van der Waals surface area (Å²) >= 11 is 0. The van der Waals surface area contributed by atoms with Gasteiger partial charge in [-0.05, 0) is 25.1 Å². The van der Waals surface area contributed by atoms with Gasteiger partial charge in [0.05, 0.1) is 17.9 Å². The van der Waals surface area contributed by atoms with E-state index in [0.29, 0.717) is 23.4 Å². The van der Waals surface area contributed by atoms with Crippen molar-refractivity contribution in [3.8, 4) is 17.0 Å². The number of ether oxygens (including phenoxy) is 1. The summed E-state index contributed by atoms with van der Waals surface area (Å²) in [5, 5.41) is 5.13. The third-order valence-corrected chi connectivity index (χ3v) is 2.60. The molecule has 0 aliphatic heterocycles. The highest BCUT2D eigenvalue weighted by atomic mass is 19.1. The lowest BCUT2D eigenvalue weighted by Gasteiger charge is -2.06. The Balaban J connectivity index is 2.45. The summed E-state index contributed by atoms with van der Waals surface area (Å²) in [5.74, 6) is -0.284. The third kappa shape index (κ3) is 2.14. The molecule has 0 aliphatic rings. The quantitative estimate of drug-likeness (QED) is 0.767. The van der Waals surface area contributed by atoms with Crippen LogP contribution in [0.4, 0.5) is 4.39 Å². The van der Waals surface area contributed by atoms with Gasteiger partial charge in [0.15, 0.2) is 11.6 Å². The van der Waals surface area contributed by atoms with Crippen LogP contribution >= 0.6 is 0 Å². The highest BCUT2D eigenvalue weighted by Crippen LogP contribution is 2.25. The first kappa shape index (κ1) is 12.4. The van der Waals surface area contributed by atoms with Gasteiger partial charge >= 0.3 is 0 Å². The molecule has 0 bridgehead atoms. The molecule has 0 atom stereocenters. The van der Waals surface area contributed by atoms with Gasteiger partial charge in [0.1, 0.15) is 0 Å². The van der Waals surface area contributed by atoms with Crippen LogP contribution in [0.25, 0.3) is 11.3 Å². The summed E-state index contributed by atoms with van der Waals surface area (Å²) in [6.45, 7) is 2.26. The molecule has 2 rings (SSSR count). The third-order valence-electron chi connectivity index (χ3n) is 2.60. The van der Waals surface area contributed by atoms with Gasteiger partial charge in [-0.2, -0.15) is 0 Å². The van der Waals surface area contributed by atoms with Crippen molar-refractivity contribution in [2.45, 2.75) is 13.5 Å². The van der Waals surface area contributed by atoms with E-state index in [2.05, 4.69) is 10.2 Å². The van der Waals surface area contributed by atoms with Crippen LogP contribution in [0.1, 0.15) is 12.5 Å². The van der Waals surface area contributed by atoms with Crippen LogP contribution in [-0.2, 0) is 6.54 Å². The lowest BCUT2D eigenvalue weighted by atomic mass is 10.1. The van der Waals surface area contributed by atoms with E-state index in [0.717, 1.165) is 0 Å². The van der Waals surface area contributed by atoms with E-state index in [1.165, 1.54) is 12.1 Å². The molecule has 2 aromatic rings. The Morgan fingerprint density at radius 3 is 2.78 bits per heavy atom. The summed E-state index contributed by atoms with van der Waals surface area (Å²) in [5.41, 5.74) is 6.66. The minimum atomic E-state index is -0.473. The number of nitrogens with one attached hydrogen (secondary N) is 2. The van der Waals surface area contributed by atoms with Crippen molar-refractivity contribution in [2.75, 3.05) is 6.61 Å². The highest BCUT2D eigenvalue weighted by molar-refractivity contribution is 5.63. The second-order valence-electron chi connectivity index (χ2n) is 3.72. The Morgan fingerprint density at radius 1 is 1.39 bits per heavy atom. The van der Waals surface area contributed by atoms with E-state index in [1.807, 2.05) is 0 Å². The van der Waals surface area contributed by atoms with Gasteiger partial charge in [0.2, 0.25) is 0 Å². The van der Waals surface area contributed by atoms with E-state index in [9.17, 15) is 9.18 Å². The Kier molecular flexibility index (Phi) is 3.47. The molecule has 5 nitrogen and oxygen atoms in total. The van der Waals surface area contributed by atoms with Gasteiger partial charge in [-0.15, -0.1) is 0 Å². The largest absolute Gasteiger partial charge is 0.491 e. The molecule has 0 aliphatic carbocycles. The second-order valence-corrected chi connectivity index (χ2v) is 3.72. The van der Waals surface area contributed by atoms with Gasteiger partial charge in [-0.25, -0.2) is 4.39 Å². The van der Waals surface area contributed by atoms with E-state index >= 15 is 0 Å². The molecule has 0 saturated heterocycles. The smallest absolute Gasteiger partial charge is 0.269 e. The van der Waals surface area contributed by atoms with Crippen LogP contribution in [0.15, 0.2) is 23.0 Å². The van der Waals surface area contributed by atoms with Gasteiger partial charge in [-0.1, -0.05) is 0 Å². The van der Waals surface area contributed by atoms with Gasteiger partial charge < -0.3 is 10.5 Å². The number of halogens is 1. The highest BCUT2D eigenvalue weighted by Gasteiger charge is 2.12. The van der Waals surface area contributed by atoms with Gasteiger partial charge in [0.25, 0.3) is 5.56 Å². The fourth-order valence-electron chi connectivity index (χ4n) is 1.75. The molecule has 1 aromatic heterocycles. The second kappa shape index (κ2) is 5.05. The van der Waals surface area contributed by atoms with E-state index in [4.69, 9.17) is 10.5 Å². The van der Waals surface area contributed by atoms with Crippen molar-refractivity contribution >= 4 is 0 Å². The number of aromatic amines is 2. The van der Waals surface area contributed by atoms with Crippen molar-refractivity contribution in [2.24, 2.45) is 5.73 Å². The molecule has 0 spiro atoms. The molecule has 0 unspecified atom stereocenters. The Morgan fingerprint density at radius 2 is 2.17 bits per heavy atom. The summed E-state index contributed by atoms with van der Waals surface area (Å²) in [6.07, 6.45) is 0. The molecule has 96 valence electrons. The number of nitrogens with two attached hydrogens (primary N) is 1. The average molecular weight is 251 g/mol. The fraction of sp³-hybridized carbons (Fsp3) is 0.250. The lowest BCUT2D eigenvalue weighted by Crippen LogP contribution is -2.10. The van der Waals surface area contributed by atoms with E-state index in [-0.39, 0.29) is 17.9 Å². The standard InChI is InChI=1S/C12H14FN3O2/c1-2-18-10-4-3-7(5-9(10)13)11-8(6-14)12(17)16-15-11/h3-5H,2,6,14H2,1H3,(H2,15,16,17). The van der Waals surface area contributed by atoms with Gasteiger partial charge in [0, 0.05) is 12.1 Å². The van der Waals surface area contributed by atoms with E-state index < -0.39 is 5.82 Å². The van der Waals surface area contributed by atoms with E-state index in [1.54, 1.807) is 13.0 Å². The molecule has 4 N–H and O–H groups in total. The number of hydrogen-bond acceptors (Lipinski definition) is 3. The summed E-state index contributed by atoms with van der Waals surface area (Å²) in [7, 11) is 0. The van der Waals surface area contributed by atoms with Crippen LogP contribution in [0.5, 0.6) is 5.75 Å². The maximum atomic E-state index is 13.7. The molecule has 0 radical (unpaired) electrons. The minimum Gasteiger partial charge on any atom is -0.491 e. The summed E-state index contributed by atoms with van der Waals surface area (Å²) in [4.78, 5) is 11.4. The number of H-pyrrole nitrogens is 2. The van der Waals surface area contributed by atoms with Crippen LogP contribution in [0, 0.1) is 5.82 Å². The number of aromatic nitrogens is 2. The maximum Gasteiger partial charge on any atom is 0.269 e. The molecule has 6 heteroatoms. The molecule has 1 aromatic carbocycles. The Bertz CT molecular complexity index is 604. The first-order valence-electron chi connectivity index (χ1n) is 5.59. The van der Waals surface area contributed by atoms with Crippen LogP contribution in [0.2, 0.25) is 0 Å². The fourth-order valence-corrected chi connectivity index (χ4v) is 1.75. The predicted molar refractivity (Wildman–Crippen MR) is 65.9 cm³/mol. The average Bonchev–Trinajstić information content (AvgIpc) is 2.73. The molecule has 0 saturated carbocycles. The molecule has 0 amide bonds. The monoisotopic (exact) mass is 251 g/mol. The summed E-state index contributed by atoms with van der Waals surface area (Å²) in [6, 6.07) is 4.51. The minimum absolute atomic E-state index is 0.0863. The SMILES string of the molecule is CCOc1ccc(-c2[nH][nH]c(=O)c2CN)cc1F. The topological polar surface area (TPSA) is 83.9 Å². The van der Waals surface area contributed by atoms with Crippen LogP contribution in [0.3, 0.4) is 0 Å². The number of benzene rings is 1. The molecule has 18 heavy (non-hydrogen) atoms. The lowest BCUT2D eigenvalue weighted by molar-refractivity contribution is 0.321. The van der Waals surface area contributed by atoms with Crippen molar-refractivity contribution < 1.29 is 9.13 Å². The van der Waals surface area contributed by atoms with Crippen molar-refractivity contribution in [1.29, 1.82) is 0 Å². The zero-order valence-electron chi connectivity index (χ0n) is 9.92. The number of hydrogen-bond donors (Lipinski definition) is 3. The zero-order chi connectivity index (χ0) is 13.1. The van der Waals surface area contributed by atoms with Crippen molar-refractivity contribution in [3.63, 3.8) is 0 Å². The molecule has 1 heterocycles. The van der Waals surface area contributed by atoms with Crippen LogP contribution in [-0.4, -0.2) is 16.8 Å². The van der Waals surface area contributed by atoms with Crippen molar-refractivity contribution in [3.05, 3.63) is 39.9 Å². The zero-order valence-corrected chi connectivity index (χ0v) is 9.92. The normalized spacial score (nSPS) is 10.6. The molecular weight excluding hydrogens is 237 g/mol. The van der Waals surface area contributed by atoms with Crippen LogP contribution < -0.4 is 16.0 Å². The van der Waals surface area contributed by atoms with Gasteiger partial charge in [-0.3, -0.25) is 15.0 Å². The predicted octanol–water partition coefficient (Wildman–Crippen LogP) is 1.37. The Labute approximate surface area is 103 Å². The first-order valence-corrected chi connectivity index (χ1v) is 5.59. The first-order chi connectivity index (χ1) is 8.67. The molecule has 0 fully saturated rings. The number of rotatable bonds is 4. The molecular formula is C12H14FN3O2. The summed E-state index contributed by atoms with van der Waals surface area (Å²) < 4.78 is 18.8. The maximum absolute atomic E-state index is 13.7. The Hall–Kier alpha value is -2.08.